The molecule has 0 aliphatic heterocycles. The summed E-state index contributed by atoms with van der Waals surface area (Å²) < 4.78 is 0. The molecular formula is C13H12N4O. The Morgan fingerprint density at radius 3 is 2.78 bits per heavy atom. The Morgan fingerprint density at radius 1 is 1.28 bits per heavy atom. The largest absolute Gasteiger partial charge is 0.399 e. The lowest BCUT2D eigenvalue weighted by Gasteiger charge is -2.00. The van der Waals surface area contributed by atoms with Crippen molar-refractivity contribution in [2.24, 2.45) is 5.10 Å². The molecule has 90 valence electrons. The van der Waals surface area contributed by atoms with E-state index < -0.39 is 0 Å². The van der Waals surface area contributed by atoms with Crippen LogP contribution in [0.15, 0.2) is 53.9 Å². The first-order chi connectivity index (χ1) is 8.75. The third kappa shape index (κ3) is 3.15. The minimum atomic E-state index is -0.299. The molecule has 0 fully saturated rings. The predicted molar refractivity (Wildman–Crippen MR) is 70.2 cm³/mol. The Labute approximate surface area is 104 Å². The molecular weight excluding hydrogens is 228 g/mol. The topological polar surface area (TPSA) is 80.4 Å². The van der Waals surface area contributed by atoms with Gasteiger partial charge in [0.1, 0.15) is 0 Å². The van der Waals surface area contributed by atoms with E-state index in [2.05, 4.69) is 15.5 Å². The third-order valence-corrected chi connectivity index (χ3v) is 2.23. The van der Waals surface area contributed by atoms with Crippen LogP contribution in [-0.2, 0) is 0 Å². The van der Waals surface area contributed by atoms with Crippen LogP contribution in [0.5, 0.6) is 0 Å². The Balaban J connectivity index is 1.99. The molecule has 0 radical (unpaired) electrons. The quantitative estimate of drug-likeness (QED) is 0.484. The van der Waals surface area contributed by atoms with Crippen molar-refractivity contribution in [3.8, 4) is 0 Å². The van der Waals surface area contributed by atoms with Crippen LogP contribution in [0, 0.1) is 0 Å². The van der Waals surface area contributed by atoms with Gasteiger partial charge in [0.05, 0.1) is 6.21 Å². The lowest BCUT2D eigenvalue weighted by molar-refractivity contribution is 0.0955. The minimum Gasteiger partial charge on any atom is -0.399 e. The minimum absolute atomic E-state index is 0.299. The zero-order valence-electron chi connectivity index (χ0n) is 9.58. The first kappa shape index (κ1) is 11.8. The summed E-state index contributed by atoms with van der Waals surface area (Å²) in [5, 5.41) is 3.85. The molecule has 0 atom stereocenters. The van der Waals surface area contributed by atoms with E-state index in [1.54, 1.807) is 55.0 Å². The van der Waals surface area contributed by atoms with Crippen LogP contribution in [0.2, 0.25) is 0 Å². The third-order valence-electron chi connectivity index (χ3n) is 2.23. The van der Waals surface area contributed by atoms with Crippen LogP contribution >= 0.6 is 0 Å². The van der Waals surface area contributed by atoms with Crippen LogP contribution in [0.25, 0.3) is 0 Å². The highest BCUT2D eigenvalue weighted by Crippen LogP contribution is 2.05. The number of carbonyl (C=O) groups is 1. The van der Waals surface area contributed by atoms with Gasteiger partial charge in [-0.2, -0.15) is 5.10 Å². The number of amides is 1. The van der Waals surface area contributed by atoms with E-state index in [-0.39, 0.29) is 5.91 Å². The molecule has 0 saturated heterocycles. The lowest BCUT2D eigenvalue weighted by Crippen LogP contribution is -2.17. The zero-order valence-corrected chi connectivity index (χ0v) is 9.58. The second kappa shape index (κ2) is 5.58. The summed E-state index contributed by atoms with van der Waals surface area (Å²) in [4.78, 5) is 15.6. The van der Waals surface area contributed by atoms with Crippen LogP contribution in [0.1, 0.15) is 15.9 Å². The number of hydrogen-bond acceptors (Lipinski definition) is 4. The van der Waals surface area contributed by atoms with Crippen molar-refractivity contribution < 1.29 is 4.79 Å². The highest BCUT2D eigenvalue weighted by atomic mass is 16.2. The van der Waals surface area contributed by atoms with Gasteiger partial charge in [-0.3, -0.25) is 9.78 Å². The van der Waals surface area contributed by atoms with Gasteiger partial charge in [0, 0.05) is 23.6 Å². The fraction of sp³-hybridized carbons (Fsp3) is 0. The van der Waals surface area contributed by atoms with Gasteiger partial charge in [-0.15, -0.1) is 0 Å². The average molecular weight is 240 g/mol. The van der Waals surface area contributed by atoms with Crippen molar-refractivity contribution >= 4 is 17.8 Å². The van der Waals surface area contributed by atoms with Gasteiger partial charge in [0.15, 0.2) is 0 Å². The Bertz CT molecular complexity index is 566. The molecule has 0 aliphatic carbocycles. The van der Waals surface area contributed by atoms with Crippen molar-refractivity contribution in [3.05, 3.63) is 59.9 Å². The SMILES string of the molecule is Nc1cccc(C(=O)N/N=C\c2ccncc2)c1. The number of nitrogen functional groups attached to an aromatic ring is 1. The van der Waals surface area contributed by atoms with Crippen LogP contribution in [-0.4, -0.2) is 17.1 Å². The van der Waals surface area contributed by atoms with E-state index >= 15 is 0 Å². The summed E-state index contributed by atoms with van der Waals surface area (Å²) in [5.74, 6) is -0.299. The Morgan fingerprint density at radius 2 is 2.06 bits per heavy atom. The zero-order chi connectivity index (χ0) is 12.8. The smallest absolute Gasteiger partial charge is 0.271 e. The summed E-state index contributed by atoms with van der Waals surface area (Å²) in [7, 11) is 0. The van der Waals surface area contributed by atoms with Gasteiger partial charge in [-0.05, 0) is 35.9 Å². The molecule has 0 unspecified atom stereocenters. The monoisotopic (exact) mass is 240 g/mol. The fourth-order valence-electron chi connectivity index (χ4n) is 1.36. The number of carbonyl (C=O) groups excluding carboxylic acids is 1. The summed E-state index contributed by atoms with van der Waals surface area (Å²) in [6.07, 6.45) is 4.86. The number of aromatic nitrogens is 1. The molecule has 2 aromatic rings. The second-order valence-corrected chi connectivity index (χ2v) is 3.61. The number of nitrogens with two attached hydrogens (primary N) is 1. The molecule has 5 nitrogen and oxygen atoms in total. The summed E-state index contributed by atoms with van der Waals surface area (Å²) in [5.41, 5.74) is 9.90. The highest BCUT2D eigenvalue weighted by Gasteiger charge is 2.03. The van der Waals surface area contributed by atoms with E-state index in [9.17, 15) is 4.79 Å². The molecule has 5 heteroatoms. The van der Waals surface area contributed by atoms with Crippen molar-refractivity contribution in [3.63, 3.8) is 0 Å². The van der Waals surface area contributed by atoms with E-state index in [4.69, 9.17) is 5.73 Å². The van der Waals surface area contributed by atoms with Gasteiger partial charge in [0.25, 0.3) is 5.91 Å². The normalized spacial score (nSPS) is 10.4. The standard InChI is InChI=1S/C13H12N4O/c14-12-3-1-2-11(8-12)13(18)17-16-9-10-4-6-15-7-5-10/h1-9H,14H2,(H,17,18)/b16-9-. The van der Waals surface area contributed by atoms with Crippen molar-refractivity contribution in [2.75, 3.05) is 5.73 Å². The number of nitrogens with one attached hydrogen (secondary N) is 1. The molecule has 0 bridgehead atoms. The molecule has 3 N–H and O–H groups in total. The second-order valence-electron chi connectivity index (χ2n) is 3.61. The average Bonchev–Trinajstić information content (AvgIpc) is 2.40. The molecule has 1 heterocycles. The summed E-state index contributed by atoms with van der Waals surface area (Å²) in [6, 6.07) is 10.3. The predicted octanol–water partition coefficient (Wildman–Crippen LogP) is 1.43. The Kier molecular flexibility index (Phi) is 3.66. The van der Waals surface area contributed by atoms with Gasteiger partial charge in [0.2, 0.25) is 0 Å². The summed E-state index contributed by atoms with van der Waals surface area (Å²) in [6.45, 7) is 0. The molecule has 0 aliphatic rings. The molecule has 1 aromatic carbocycles. The van der Waals surface area contributed by atoms with Crippen molar-refractivity contribution in [1.82, 2.24) is 10.4 Å². The fourth-order valence-corrected chi connectivity index (χ4v) is 1.36. The van der Waals surface area contributed by atoms with Crippen molar-refractivity contribution in [2.45, 2.75) is 0 Å². The number of nitrogens with zero attached hydrogens (tertiary/aromatic N) is 2. The molecule has 18 heavy (non-hydrogen) atoms. The van der Waals surface area contributed by atoms with E-state index in [1.165, 1.54) is 0 Å². The number of hydrazone groups is 1. The van der Waals surface area contributed by atoms with Gasteiger partial charge in [-0.25, -0.2) is 5.43 Å². The van der Waals surface area contributed by atoms with Crippen LogP contribution in [0.3, 0.4) is 0 Å². The first-order valence-corrected chi connectivity index (χ1v) is 5.35. The highest BCUT2D eigenvalue weighted by molar-refractivity contribution is 5.95. The maximum atomic E-state index is 11.7. The number of anilines is 1. The van der Waals surface area contributed by atoms with E-state index in [0.29, 0.717) is 11.3 Å². The van der Waals surface area contributed by atoms with Gasteiger partial charge >= 0.3 is 0 Å². The van der Waals surface area contributed by atoms with Crippen LogP contribution < -0.4 is 11.2 Å². The maximum Gasteiger partial charge on any atom is 0.271 e. The number of benzene rings is 1. The van der Waals surface area contributed by atoms with Gasteiger partial charge < -0.3 is 5.73 Å². The molecule has 2 rings (SSSR count). The number of hydrogen-bond donors (Lipinski definition) is 2. The summed E-state index contributed by atoms with van der Waals surface area (Å²) >= 11 is 0. The molecule has 0 spiro atoms. The van der Waals surface area contributed by atoms with Crippen LogP contribution in [0.4, 0.5) is 5.69 Å². The number of pyridine rings is 1. The Hall–Kier alpha value is -2.69. The molecule has 1 amide bonds. The first-order valence-electron chi connectivity index (χ1n) is 5.35. The van der Waals surface area contributed by atoms with E-state index in [1.807, 2.05) is 0 Å². The van der Waals surface area contributed by atoms with Crippen molar-refractivity contribution in [1.29, 1.82) is 0 Å². The van der Waals surface area contributed by atoms with Gasteiger partial charge in [-0.1, -0.05) is 6.07 Å². The number of rotatable bonds is 3. The molecule has 0 saturated carbocycles. The molecule has 1 aromatic heterocycles. The maximum absolute atomic E-state index is 11.7. The van der Waals surface area contributed by atoms with E-state index in [0.717, 1.165) is 5.56 Å². The lowest BCUT2D eigenvalue weighted by atomic mass is 10.2.